The maximum atomic E-state index is 13.1. The molecule has 5 heteroatoms. The van der Waals surface area contributed by atoms with E-state index < -0.39 is 0 Å². The van der Waals surface area contributed by atoms with Gasteiger partial charge in [-0.15, -0.1) is 0 Å². The van der Waals surface area contributed by atoms with E-state index in [4.69, 9.17) is 0 Å². The highest BCUT2D eigenvalue weighted by atomic mass is 32.2. The lowest BCUT2D eigenvalue weighted by Gasteiger charge is -2.29. The van der Waals surface area contributed by atoms with E-state index >= 15 is 0 Å². The van der Waals surface area contributed by atoms with Crippen LogP contribution in [0.5, 0.6) is 0 Å². The molecule has 27 heavy (non-hydrogen) atoms. The molecule has 0 unspecified atom stereocenters. The smallest absolute Gasteiger partial charge is 0.225 e. The maximum Gasteiger partial charge on any atom is 0.225 e. The number of amides is 1. The summed E-state index contributed by atoms with van der Waals surface area (Å²) in [5, 5.41) is 0. The minimum atomic E-state index is -0.200. The molecule has 2 aromatic carbocycles. The van der Waals surface area contributed by atoms with Gasteiger partial charge in [-0.2, -0.15) is 0 Å². The Balaban J connectivity index is 1.43. The zero-order valence-corrected chi connectivity index (χ0v) is 16.5. The second kappa shape index (κ2) is 8.03. The summed E-state index contributed by atoms with van der Waals surface area (Å²) in [4.78, 5) is 15.6. The lowest BCUT2D eigenvalue weighted by Crippen LogP contribution is -2.36. The molecule has 1 amide bonds. The lowest BCUT2D eigenvalue weighted by molar-refractivity contribution is -0.133. The molecule has 0 atom stereocenters. The van der Waals surface area contributed by atoms with Crippen LogP contribution in [0.3, 0.4) is 0 Å². The van der Waals surface area contributed by atoms with Crippen molar-refractivity contribution in [2.45, 2.75) is 44.2 Å². The van der Waals surface area contributed by atoms with Crippen LogP contribution in [0.15, 0.2) is 47.4 Å². The molecule has 2 aliphatic rings. The molecule has 1 aliphatic heterocycles. The van der Waals surface area contributed by atoms with Gasteiger partial charge in [-0.05, 0) is 72.2 Å². The number of carbonyl (C=O) groups excluding carboxylic acids is 1. The number of hydrogen-bond donors (Lipinski definition) is 0. The summed E-state index contributed by atoms with van der Waals surface area (Å²) in [6, 6.07) is 13.3. The highest BCUT2D eigenvalue weighted by Crippen LogP contribution is 2.34. The van der Waals surface area contributed by atoms with E-state index in [-0.39, 0.29) is 11.7 Å². The largest absolute Gasteiger partial charge is 0.338 e. The molecule has 0 saturated heterocycles. The van der Waals surface area contributed by atoms with E-state index in [0.717, 1.165) is 51.0 Å². The summed E-state index contributed by atoms with van der Waals surface area (Å²) in [5.74, 6) is 0.426. The van der Waals surface area contributed by atoms with Crippen LogP contribution in [0, 0.1) is 11.7 Å². The predicted octanol–water partition coefficient (Wildman–Crippen LogP) is 4.65. The van der Waals surface area contributed by atoms with Crippen LogP contribution in [-0.2, 0) is 24.3 Å². The average Bonchev–Trinajstić information content (AvgIpc) is 3.53. The highest BCUT2D eigenvalue weighted by Gasteiger charge is 2.34. The number of halogens is 1. The van der Waals surface area contributed by atoms with Crippen LogP contribution in [-0.4, -0.2) is 28.2 Å². The van der Waals surface area contributed by atoms with Gasteiger partial charge < -0.3 is 4.90 Å². The molecule has 0 spiro atoms. The summed E-state index contributed by atoms with van der Waals surface area (Å²) < 4.78 is 15.4. The molecule has 0 N–H and O–H groups in total. The first-order valence-corrected chi connectivity index (χ1v) is 10.5. The Bertz CT molecular complexity index is 820. The molecule has 1 aliphatic carbocycles. The first kappa shape index (κ1) is 18.5. The molecule has 0 radical (unpaired) electrons. The zero-order valence-electron chi connectivity index (χ0n) is 15.7. The maximum absolute atomic E-state index is 13.1. The molecule has 1 fully saturated rings. The second-order valence-electron chi connectivity index (χ2n) is 7.39. The predicted molar refractivity (Wildman–Crippen MR) is 107 cm³/mol. The molecular formula is C22H25FN2OS. The van der Waals surface area contributed by atoms with Gasteiger partial charge >= 0.3 is 0 Å². The SMILES string of the molecule is CCN(Cc1ccc(F)cc1)Sc1ccc2c(c1)CN(C(=O)C1CC1)CC2. The average molecular weight is 385 g/mol. The Morgan fingerprint density at radius 2 is 1.96 bits per heavy atom. The van der Waals surface area contributed by atoms with E-state index in [1.54, 1.807) is 11.9 Å². The van der Waals surface area contributed by atoms with Crippen molar-refractivity contribution >= 4 is 17.9 Å². The van der Waals surface area contributed by atoms with Crippen LogP contribution in [0.2, 0.25) is 0 Å². The quantitative estimate of drug-likeness (QED) is 0.678. The van der Waals surface area contributed by atoms with E-state index in [9.17, 15) is 9.18 Å². The molecule has 1 saturated carbocycles. The van der Waals surface area contributed by atoms with Crippen LogP contribution >= 0.6 is 11.9 Å². The minimum absolute atomic E-state index is 0.200. The second-order valence-corrected chi connectivity index (χ2v) is 8.56. The van der Waals surface area contributed by atoms with Gasteiger partial charge in [0.1, 0.15) is 5.82 Å². The number of nitrogens with zero attached hydrogens (tertiary/aromatic N) is 2. The van der Waals surface area contributed by atoms with Crippen LogP contribution in [0.4, 0.5) is 4.39 Å². The van der Waals surface area contributed by atoms with Crippen molar-refractivity contribution in [2.24, 2.45) is 5.92 Å². The fourth-order valence-electron chi connectivity index (χ4n) is 3.52. The molecule has 0 aromatic heterocycles. The van der Waals surface area contributed by atoms with Crippen LogP contribution in [0.25, 0.3) is 0 Å². The van der Waals surface area contributed by atoms with Crippen molar-refractivity contribution in [1.82, 2.24) is 9.21 Å². The lowest BCUT2D eigenvalue weighted by atomic mass is 9.99. The van der Waals surface area contributed by atoms with E-state index in [0.29, 0.717) is 5.91 Å². The standard InChI is InChI=1S/C22H25FN2OS/c1-2-25(14-16-3-8-20(23)9-4-16)27-21-10-7-17-11-12-24(15-19(17)13-21)22(26)18-5-6-18/h3-4,7-10,13,18H,2,5-6,11-12,14-15H2,1H3. The summed E-state index contributed by atoms with van der Waals surface area (Å²) in [6.07, 6.45) is 3.08. The number of fused-ring (bicyclic) bond motifs is 1. The third-order valence-electron chi connectivity index (χ3n) is 5.29. The van der Waals surface area contributed by atoms with Gasteiger partial charge in [-0.1, -0.05) is 25.1 Å². The van der Waals surface area contributed by atoms with Crippen molar-refractivity contribution < 1.29 is 9.18 Å². The first-order chi connectivity index (χ1) is 13.1. The summed E-state index contributed by atoms with van der Waals surface area (Å²) in [6.45, 7) is 5.38. The summed E-state index contributed by atoms with van der Waals surface area (Å²) >= 11 is 1.72. The fourth-order valence-corrected chi connectivity index (χ4v) is 4.48. The van der Waals surface area contributed by atoms with E-state index in [1.165, 1.54) is 28.2 Å². The summed E-state index contributed by atoms with van der Waals surface area (Å²) in [5.41, 5.74) is 3.74. The van der Waals surface area contributed by atoms with Crippen molar-refractivity contribution in [1.29, 1.82) is 0 Å². The Morgan fingerprint density at radius 3 is 2.67 bits per heavy atom. The Kier molecular flexibility index (Phi) is 5.50. The Hall–Kier alpha value is -1.85. The van der Waals surface area contributed by atoms with Gasteiger partial charge in [0.2, 0.25) is 5.91 Å². The van der Waals surface area contributed by atoms with E-state index in [1.807, 2.05) is 17.0 Å². The highest BCUT2D eigenvalue weighted by molar-refractivity contribution is 7.97. The van der Waals surface area contributed by atoms with Crippen LogP contribution < -0.4 is 0 Å². The van der Waals surface area contributed by atoms with Gasteiger partial charge in [0.05, 0.1) is 0 Å². The topological polar surface area (TPSA) is 23.6 Å². The van der Waals surface area contributed by atoms with Gasteiger partial charge in [0.25, 0.3) is 0 Å². The number of benzene rings is 2. The molecule has 142 valence electrons. The minimum Gasteiger partial charge on any atom is -0.338 e. The first-order valence-electron chi connectivity index (χ1n) is 9.70. The molecule has 2 aromatic rings. The van der Waals surface area contributed by atoms with Crippen molar-refractivity contribution in [3.63, 3.8) is 0 Å². The third-order valence-corrected chi connectivity index (χ3v) is 6.40. The van der Waals surface area contributed by atoms with Crippen molar-refractivity contribution in [3.05, 3.63) is 65.0 Å². The molecule has 3 nitrogen and oxygen atoms in total. The monoisotopic (exact) mass is 384 g/mol. The Morgan fingerprint density at radius 1 is 1.19 bits per heavy atom. The van der Waals surface area contributed by atoms with Gasteiger partial charge in [0.15, 0.2) is 0 Å². The van der Waals surface area contributed by atoms with Gasteiger partial charge in [-0.3, -0.25) is 4.79 Å². The van der Waals surface area contributed by atoms with E-state index in [2.05, 4.69) is 29.4 Å². The van der Waals surface area contributed by atoms with Crippen molar-refractivity contribution in [3.8, 4) is 0 Å². The fraction of sp³-hybridized carbons (Fsp3) is 0.409. The normalized spacial score (nSPS) is 16.5. The molecular weight excluding hydrogens is 359 g/mol. The number of rotatable bonds is 6. The van der Waals surface area contributed by atoms with Gasteiger partial charge in [-0.25, -0.2) is 8.70 Å². The molecule has 1 heterocycles. The van der Waals surface area contributed by atoms with Crippen LogP contribution in [0.1, 0.15) is 36.5 Å². The summed E-state index contributed by atoms with van der Waals surface area (Å²) in [7, 11) is 0. The molecule has 4 rings (SSSR count). The van der Waals surface area contributed by atoms with Crippen molar-refractivity contribution in [2.75, 3.05) is 13.1 Å². The molecule has 0 bridgehead atoms. The zero-order chi connectivity index (χ0) is 18.8. The Labute approximate surface area is 164 Å². The number of hydrogen-bond acceptors (Lipinski definition) is 3. The van der Waals surface area contributed by atoms with Gasteiger partial charge in [0, 0.05) is 37.0 Å². The number of carbonyl (C=O) groups is 1. The third kappa shape index (κ3) is 4.53.